The number of benzene rings is 1. The lowest BCUT2D eigenvalue weighted by Gasteiger charge is -2.37. The van der Waals surface area contributed by atoms with Gasteiger partial charge >= 0.3 is 17.9 Å². The molecule has 0 saturated carbocycles. The summed E-state index contributed by atoms with van der Waals surface area (Å²) < 4.78 is 15.5. The molecule has 1 unspecified atom stereocenters. The molecule has 2 rings (SSSR count). The zero-order valence-electron chi connectivity index (χ0n) is 15.9. The molecule has 1 aromatic rings. The predicted octanol–water partition coefficient (Wildman–Crippen LogP) is 3.44. The highest BCUT2D eigenvalue weighted by atomic mass is 35.5. The van der Waals surface area contributed by atoms with Gasteiger partial charge in [-0.3, -0.25) is 14.4 Å². The number of halogens is 1. The molecule has 0 fully saturated rings. The van der Waals surface area contributed by atoms with Gasteiger partial charge in [0.05, 0.1) is 19.8 Å². The first kappa shape index (κ1) is 21.2. The lowest BCUT2D eigenvalue weighted by molar-refractivity contribution is -0.186. The van der Waals surface area contributed by atoms with Crippen LogP contribution < -0.4 is 0 Å². The molecular formula is C20H25ClO6. The summed E-state index contributed by atoms with van der Waals surface area (Å²) in [6.45, 7) is 4.94. The number of rotatable bonds is 7. The number of aryl methyl sites for hydroxylation is 1. The van der Waals surface area contributed by atoms with Gasteiger partial charge in [0.25, 0.3) is 5.41 Å². The second kappa shape index (κ2) is 9.22. The standard InChI is InChI=1S/C20H25ClO6/c1-4-25-17(22)20(18(23)26-5-2,19(24)27-6-3)16-9-7-8-13-12-14(21)10-11-15(13)16/h10-12,16H,4-9H2,1-3H3. The molecule has 1 aromatic carbocycles. The van der Waals surface area contributed by atoms with E-state index in [4.69, 9.17) is 25.8 Å². The maximum Gasteiger partial charge on any atom is 0.335 e. The molecule has 6 nitrogen and oxygen atoms in total. The van der Waals surface area contributed by atoms with Crippen molar-refractivity contribution in [2.45, 2.75) is 46.0 Å². The van der Waals surface area contributed by atoms with Crippen LogP contribution in [0, 0.1) is 5.41 Å². The average molecular weight is 397 g/mol. The summed E-state index contributed by atoms with van der Waals surface area (Å²) in [6.07, 6.45) is 1.89. The molecule has 0 heterocycles. The van der Waals surface area contributed by atoms with Crippen LogP contribution >= 0.6 is 11.6 Å². The molecule has 1 aliphatic rings. The number of hydrogen-bond acceptors (Lipinski definition) is 6. The van der Waals surface area contributed by atoms with E-state index in [9.17, 15) is 14.4 Å². The summed E-state index contributed by atoms with van der Waals surface area (Å²) in [5.41, 5.74) is -0.564. The van der Waals surface area contributed by atoms with Gasteiger partial charge in [0.15, 0.2) is 0 Å². The Labute approximate surface area is 164 Å². The van der Waals surface area contributed by atoms with Crippen molar-refractivity contribution in [3.63, 3.8) is 0 Å². The van der Waals surface area contributed by atoms with Gasteiger partial charge in [0.1, 0.15) is 0 Å². The Morgan fingerprint density at radius 2 is 1.52 bits per heavy atom. The Morgan fingerprint density at radius 1 is 1.00 bits per heavy atom. The highest BCUT2D eigenvalue weighted by molar-refractivity contribution is 6.30. The highest BCUT2D eigenvalue weighted by Gasteiger charge is 2.63. The van der Waals surface area contributed by atoms with Gasteiger partial charge in [0.2, 0.25) is 0 Å². The summed E-state index contributed by atoms with van der Waals surface area (Å²) in [5, 5.41) is 0.559. The minimum atomic E-state index is -2.19. The summed E-state index contributed by atoms with van der Waals surface area (Å²) in [4.78, 5) is 39.1. The molecule has 27 heavy (non-hydrogen) atoms. The van der Waals surface area contributed by atoms with Crippen molar-refractivity contribution in [1.82, 2.24) is 0 Å². The Bertz CT molecular complexity index is 669. The Kier molecular flexibility index (Phi) is 7.25. The van der Waals surface area contributed by atoms with Crippen LogP contribution in [0.4, 0.5) is 0 Å². The van der Waals surface area contributed by atoms with Crippen molar-refractivity contribution in [3.05, 3.63) is 34.3 Å². The molecule has 0 aromatic heterocycles. The van der Waals surface area contributed by atoms with E-state index >= 15 is 0 Å². The minimum absolute atomic E-state index is 0.0274. The van der Waals surface area contributed by atoms with Crippen LogP contribution in [0.2, 0.25) is 5.02 Å². The van der Waals surface area contributed by atoms with Gasteiger partial charge in [-0.1, -0.05) is 17.7 Å². The van der Waals surface area contributed by atoms with Gasteiger partial charge in [-0.25, -0.2) is 0 Å². The Balaban J connectivity index is 2.69. The van der Waals surface area contributed by atoms with E-state index < -0.39 is 29.2 Å². The number of fused-ring (bicyclic) bond motifs is 1. The number of carbonyl (C=O) groups excluding carboxylic acids is 3. The van der Waals surface area contributed by atoms with E-state index in [1.807, 2.05) is 0 Å². The van der Waals surface area contributed by atoms with Crippen molar-refractivity contribution in [1.29, 1.82) is 0 Å². The number of hydrogen-bond donors (Lipinski definition) is 0. The van der Waals surface area contributed by atoms with E-state index in [0.29, 0.717) is 17.9 Å². The van der Waals surface area contributed by atoms with Gasteiger partial charge in [-0.05, 0) is 63.3 Å². The molecular weight excluding hydrogens is 372 g/mol. The first-order chi connectivity index (χ1) is 12.9. The summed E-state index contributed by atoms with van der Waals surface area (Å²) in [5.74, 6) is -3.55. The molecule has 0 bridgehead atoms. The molecule has 0 spiro atoms. The van der Waals surface area contributed by atoms with E-state index in [0.717, 1.165) is 17.5 Å². The second-order valence-electron chi connectivity index (χ2n) is 6.26. The van der Waals surface area contributed by atoms with Crippen LogP contribution in [-0.2, 0) is 35.0 Å². The molecule has 1 aliphatic carbocycles. The fraction of sp³-hybridized carbons (Fsp3) is 0.550. The quantitative estimate of drug-likeness (QED) is 0.399. The molecule has 0 radical (unpaired) electrons. The monoisotopic (exact) mass is 396 g/mol. The minimum Gasteiger partial charge on any atom is -0.465 e. The predicted molar refractivity (Wildman–Crippen MR) is 99.5 cm³/mol. The molecule has 7 heteroatoms. The number of esters is 3. The van der Waals surface area contributed by atoms with Crippen molar-refractivity contribution >= 4 is 29.5 Å². The number of carbonyl (C=O) groups is 3. The Morgan fingerprint density at radius 3 is 2.00 bits per heavy atom. The van der Waals surface area contributed by atoms with E-state index in [1.165, 1.54) is 0 Å². The summed E-state index contributed by atoms with van der Waals surface area (Å²) in [7, 11) is 0. The van der Waals surface area contributed by atoms with Crippen molar-refractivity contribution < 1.29 is 28.6 Å². The summed E-state index contributed by atoms with van der Waals surface area (Å²) in [6, 6.07) is 5.24. The summed E-state index contributed by atoms with van der Waals surface area (Å²) >= 11 is 6.10. The zero-order valence-corrected chi connectivity index (χ0v) is 16.6. The van der Waals surface area contributed by atoms with Gasteiger partial charge in [0, 0.05) is 10.9 Å². The first-order valence-electron chi connectivity index (χ1n) is 9.23. The topological polar surface area (TPSA) is 78.9 Å². The average Bonchev–Trinajstić information content (AvgIpc) is 2.63. The van der Waals surface area contributed by atoms with E-state index in [2.05, 4.69) is 0 Å². The van der Waals surface area contributed by atoms with Crippen LogP contribution in [-0.4, -0.2) is 37.7 Å². The maximum absolute atomic E-state index is 13.0. The zero-order chi connectivity index (χ0) is 20.0. The van der Waals surface area contributed by atoms with Crippen LogP contribution in [0.15, 0.2) is 18.2 Å². The molecule has 0 aliphatic heterocycles. The first-order valence-corrected chi connectivity index (χ1v) is 9.61. The third kappa shape index (κ3) is 3.95. The van der Waals surface area contributed by atoms with Gasteiger partial charge in [-0.15, -0.1) is 0 Å². The molecule has 1 atom stereocenters. The van der Waals surface area contributed by atoms with Crippen molar-refractivity contribution in [3.8, 4) is 0 Å². The van der Waals surface area contributed by atoms with Crippen LogP contribution in [0.5, 0.6) is 0 Å². The SMILES string of the molecule is CCOC(=O)C(C(=O)OCC)(C(=O)OCC)C1CCCc2cc(Cl)ccc21. The third-order valence-corrected chi connectivity index (χ3v) is 4.97. The largest absolute Gasteiger partial charge is 0.465 e. The lowest BCUT2D eigenvalue weighted by atomic mass is 9.66. The molecule has 0 amide bonds. The van der Waals surface area contributed by atoms with E-state index in [1.54, 1.807) is 39.0 Å². The normalized spacial score (nSPS) is 16.2. The molecule has 0 N–H and O–H groups in total. The van der Waals surface area contributed by atoms with Crippen LogP contribution in [0.1, 0.15) is 50.7 Å². The van der Waals surface area contributed by atoms with Crippen molar-refractivity contribution in [2.24, 2.45) is 5.41 Å². The van der Waals surface area contributed by atoms with Gasteiger partial charge in [-0.2, -0.15) is 0 Å². The Hall–Kier alpha value is -2.08. The van der Waals surface area contributed by atoms with E-state index in [-0.39, 0.29) is 19.8 Å². The highest BCUT2D eigenvalue weighted by Crippen LogP contribution is 2.47. The lowest BCUT2D eigenvalue weighted by Crippen LogP contribution is -2.54. The molecule has 148 valence electrons. The van der Waals surface area contributed by atoms with Crippen LogP contribution in [0.25, 0.3) is 0 Å². The van der Waals surface area contributed by atoms with Crippen LogP contribution in [0.3, 0.4) is 0 Å². The number of ether oxygens (including phenoxy) is 3. The fourth-order valence-corrected chi connectivity index (χ4v) is 3.84. The van der Waals surface area contributed by atoms with Gasteiger partial charge < -0.3 is 14.2 Å². The molecule has 0 saturated heterocycles. The van der Waals surface area contributed by atoms with Crippen molar-refractivity contribution in [2.75, 3.05) is 19.8 Å². The maximum atomic E-state index is 13.0. The third-order valence-electron chi connectivity index (χ3n) is 4.73. The fourth-order valence-electron chi connectivity index (χ4n) is 3.64. The smallest absolute Gasteiger partial charge is 0.335 e. The second-order valence-corrected chi connectivity index (χ2v) is 6.69.